The number of rotatable bonds is 9. The first-order valence-electron chi connectivity index (χ1n) is 12.6. The summed E-state index contributed by atoms with van der Waals surface area (Å²) in [6.45, 7) is 6.14. The van der Waals surface area contributed by atoms with E-state index in [1.54, 1.807) is 0 Å². The molecule has 1 amide bonds. The first-order valence-corrected chi connectivity index (χ1v) is 12.9. The van der Waals surface area contributed by atoms with Crippen molar-refractivity contribution in [1.29, 1.82) is 0 Å². The number of carboxylic acids is 2. The van der Waals surface area contributed by atoms with Gasteiger partial charge in [-0.15, -0.1) is 0 Å². The van der Waals surface area contributed by atoms with Crippen molar-refractivity contribution >= 4 is 35.1 Å². The van der Waals surface area contributed by atoms with Crippen LogP contribution in [0.4, 0.5) is 5.69 Å². The third-order valence-electron chi connectivity index (χ3n) is 6.42. The third kappa shape index (κ3) is 9.08. The number of fused-ring (bicyclic) bond motifs is 1. The number of halogens is 1. The van der Waals surface area contributed by atoms with Gasteiger partial charge < -0.3 is 29.5 Å². The molecule has 1 saturated heterocycles. The van der Waals surface area contributed by atoms with Crippen molar-refractivity contribution in [3.8, 4) is 11.5 Å². The second-order valence-electron chi connectivity index (χ2n) is 9.07. The van der Waals surface area contributed by atoms with E-state index in [0.717, 1.165) is 67.7 Å². The zero-order valence-electron chi connectivity index (χ0n) is 21.3. The van der Waals surface area contributed by atoms with Gasteiger partial charge in [0.1, 0.15) is 0 Å². The average Bonchev–Trinajstić information content (AvgIpc) is 3.39. The highest BCUT2D eigenvalue weighted by Gasteiger charge is 2.25. The Morgan fingerprint density at radius 2 is 1.63 bits per heavy atom. The summed E-state index contributed by atoms with van der Waals surface area (Å²) >= 11 is 5.97. The lowest BCUT2D eigenvalue weighted by Crippen LogP contribution is -2.41. The van der Waals surface area contributed by atoms with Crippen LogP contribution in [-0.4, -0.2) is 65.9 Å². The van der Waals surface area contributed by atoms with Crippen molar-refractivity contribution in [3.05, 3.63) is 65.2 Å². The minimum absolute atomic E-state index is 0.152. The maximum absolute atomic E-state index is 12.7. The monoisotopic (exact) mass is 544 g/mol. The Bertz CT molecular complexity index is 1110. The molecule has 0 spiro atoms. The van der Waals surface area contributed by atoms with E-state index in [9.17, 15) is 14.4 Å². The smallest absolute Gasteiger partial charge is 0.328 e. The van der Waals surface area contributed by atoms with Gasteiger partial charge in [0.05, 0.1) is 0 Å². The minimum Gasteiger partial charge on any atom is -0.478 e. The number of carbonyl (C=O) groups is 3. The highest BCUT2D eigenvalue weighted by Crippen LogP contribution is 2.36. The minimum atomic E-state index is -1.26. The Balaban J connectivity index is 0.000000436. The largest absolute Gasteiger partial charge is 0.478 e. The molecule has 2 N–H and O–H groups in total. The van der Waals surface area contributed by atoms with Gasteiger partial charge in [0, 0.05) is 48.4 Å². The lowest BCUT2D eigenvalue weighted by Gasteiger charge is -2.35. The molecule has 0 aromatic heterocycles. The lowest BCUT2D eigenvalue weighted by atomic mass is 9.95. The van der Waals surface area contributed by atoms with Crippen LogP contribution in [0.25, 0.3) is 0 Å². The number of benzene rings is 2. The molecule has 9 nitrogen and oxygen atoms in total. The number of piperidine rings is 1. The first-order chi connectivity index (χ1) is 18.2. The average molecular weight is 545 g/mol. The Morgan fingerprint density at radius 3 is 2.24 bits per heavy atom. The van der Waals surface area contributed by atoms with E-state index in [1.165, 1.54) is 5.56 Å². The number of carboxylic acid groups (broad SMARTS) is 2. The Kier molecular flexibility index (Phi) is 11.0. The summed E-state index contributed by atoms with van der Waals surface area (Å²) in [6.07, 6.45) is 4.87. The van der Waals surface area contributed by atoms with E-state index >= 15 is 0 Å². The summed E-state index contributed by atoms with van der Waals surface area (Å²) in [4.78, 5) is 36.2. The van der Waals surface area contributed by atoms with Crippen LogP contribution < -0.4 is 14.4 Å². The highest BCUT2D eigenvalue weighted by molar-refractivity contribution is 6.30. The molecule has 0 bridgehead atoms. The standard InChI is InChI=1S/C24H29ClN2O3.C4H4O4/c1-2-24(28)27(21-7-8-22-23(15-21)30-17-29-22)16-19-10-13-26(14-11-19)12-9-18-3-5-20(25)6-4-18;5-3(6)1-2-4(7)8/h3-8,15,19H,2,9-14,16-17H2,1H3;1-2H,(H,5,6)(H,7,8)/b;2-1+. The molecule has 2 aromatic rings. The van der Waals surface area contributed by atoms with Gasteiger partial charge >= 0.3 is 11.9 Å². The SMILES string of the molecule is CCC(=O)N(CC1CCN(CCc2ccc(Cl)cc2)CC1)c1ccc2c(c1)OCO2.O=C(O)/C=C/C(=O)O. The summed E-state index contributed by atoms with van der Waals surface area (Å²) in [5.74, 6) is -0.383. The van der Waals surface area contributed by atoms with Crippen LogP contribution >= 0.6 is 11.6 Å². The van der Waals surface area contributed by atoms with E-state index in [1.807, 2.05) is 42.2 Å². The zero-order valence-corrected chi connectivity index (χ0v) is 22.1. The molecular weight excluding hydrogens is 512 g/mol. The van der Waals surface area contributed by atoms with Crippen molar-refractivity contribution in [2.75, 3.05) is 37.9 Å². The number of nitrogens with zero attached hydrogens (tertiary/aromatic N) is 2. The molecule has 2 aliphatic rings. The normalized spacial score (nSPS) is 15.1. The second-order valence-corrected chi connectivity index (χ2v) is 9.50. The van der Waals surface area contributed by atoms with E-state index in [2.05, 4.69) is 17.0 Å². The molecule has 4 rings (SSSR count). The Hall–Kier alpha value is -3.56. The molecule has 2 aromatic carbocycles. The lowest BCUT2D eigenvalue weighted by molar-refractivity contribution is -0.134. The Labute approximate surface area is 227 Å². The maximum atomic E-state index is 12.7. The van der Waals surface area contributed by atoms with E-state index in [4.69, 9.17) is 31.3 Å². The highest BCUT2D eigenvalue weighted by atomic mass is 35.5. The molecule has 1 fully saturated rings. The molecule has 0 atom stereocenters. The van der Waals surface area contributed by atoms with Crippen LogP contribution in [0.5, 0.6) is 11.5 Å². The van der Waals surface area contributed by atoms with Crippen molar-refractivity contribution in [1.82, 2.24) is 4.90 Å². The van der Waals surface area contributed by atoms with Crippen molar-refractivity contribution in [3.63, 3.8) is 0 Å². The van der Waals surface area contributed by atoms with Crippen molar-refractivity contribution < 1.29 is 34.1 Å². The predicted octanol–water partition coefficient (Wildman–Crippen LogP) is 4.48. The van der Waals surface area contributed by atoms with Gasteiger partial charge in [0.2, 0.25) is 12.7 Å². The fourth-order valence-corrected chi connectivity index (χ4v) is 4.45. The molecular formula is C28H33ClN2O7. The molecule has 2 heterocycles. The van der Waals surface area contributed by atoms with Gasteiger partial charge in [-0.05, 0) is 68.1 Å². The summed E-state index contributed by atoms with van der Waals surface area (Å²) in [6, 6.07) is 13.9. The fourth-order valence-electron chi connectivity index (χ4n) is 4.33. The number of hydrogen-bond acceptors (Lipinski definition) is 6. The number of aliphatic carboxylic acids is 2. The molecule has 0 aliphatic carbocycles. The van der Waals surface area contributed by atoms with Gasteiger partial charge in [0.15, 0.2) is 11.5 Å². The summed E-state index contributed by atoms with van der Waals surface area (Å²) < 4.78 is 10.9. The van der Waals surface area contributed by atoms with Crippen LogP contribution in [0.15, 0.2) is 54.6 Å². The van der Waals surface area contributed by atoms with Crippen molar-refractivity contribution in [2.45, 2.75) is 32.6 Å². The van der Waals surface area contributed by atoms with Crippen LogP contribution in [0.3, 0.4) is 0 Å². The number of ether oxygens (including phenoxy) is 2. The molecule has 10 heteroatoms. The third-order valence-corrected chi connectivity index (χ3v) is 6.67. The van der Waals surface area contributed by atoms with Crippen molar-refractivity contribution in [2.24, 2.45) is 5.92 Å². The van der Waals surface area contributed by atoms with Crippen LogP contribution in [0.1, 0.15) is 31.7 Å². The zero-order chi connectivity index (χ0) is 27.5. The van der Waals surface area contributed by atoms with Crippen LogP contribution in [0.2, 0.25) is 5.02 Å². The number of carbonyl (C=O) groups excluding carboxylic acids is 1. The maximum Gasteiger partial charge on any atom is 0.328 e. The summed E-state index contributed by atoms with van der Waals surface area (Å²) in [5.41, 5.74) is 2.22. The Morgan fingerprint density at radius 1 is 1.00 bits per heavy atom. The van der Waals surface area contributed by atoms with Gasteiger partial charge in [-0.1, -0.05) is 30.7 Å². The van der Waals surface area contributed by atoms with Crippen LogP contribution in [0, 0.1) is 5.92 Å². The second kappa shape index (κ2) is 14.4. The number of amides is 1. The molecule has 204 valence electrons. The summed E-state index contributed by atoms with van der Waals surface area (Å²) in [5, 5.41) is 16.4. The van der Waals surface area contributed by atoms with Crippen LogP contribution in [-0.2, 0) is 20.8 Å². The molecule has 38 heavy (non-hydrogen) atoms. The van der Waals surface area contributed by atoms with E-state index in [0.29, 0.717) is 24.5 Å². The topological polar surface area (TPSA) is 117 Å². The summed E-state index contributed by atoms with van der Waals surface area (Å²) in [7, 11) is 0. The molecule has 2 aliphatic heterocycles. The number of anilines is 1. The van der Waals surface area contributed by atoms with Gasteiger partial charge in [0.25, 0.3) is 0 Å². The quantitative estimate of drug-likeness (QED) is 0.444. The van der Waals surface area contributed by atoms with Gasteiger partial charge in [-0.3, -0.25) is 4.79 Å². The predicted molar refractivity (Wildman–Crippen MR) is 144 cm³/mol. The molecule has 0 saturated carbocycles. The number of likely N-dealkylation sites (tertiary alicyclic amines) is 1. The number of hydrogen-bond donors (Lipinski definition) is 2. The first kappa shape index (κ1) is 29.0. The molecule has 0 radical (unpaired) electrons. The molecule has 0 unspecified atom stereocenters. The fraction of sp³-hybridized carbons (Fsp3) is 0.393. The van der Waals surface area contributed by atoms with Gasteiger partial charge in [-0.25, -0.2) is 9.59 Å². The van der Waals surface area contributed by atoms with Gasteiger partial charge in [-0.2, -0.15) is 0 Å². The van der Waals surface area contributed by atoms with E-state index in [-0.39, 0.29) is 12.7 Å². The van der Waals surface area contributed by atoms with E-state index < -0.39 is 11.9 Å².